The van der Waals surface area contributed by atoms with Gasteiger partial charge in [0.1, 0.15) is 5.75 Å². The normalized spacial score (nSPS) is 22.7. The van der Waals surface area contributed by atoms with E-state index < -0.39 is 0 Å². The highest BCUT2D eigenvalue weighted by atomic mass is 16.3. The van der Waals surface area contributed by atoms with Crippen LogP contribution in [0.5, 0.6) is 5.75 Å². The number of phenolic OH excluding ortho intramolecular Hbond substituents is 1. The molecule has 3 rings (SSSR count). The minimum absolute atomic E-state index is 0.0323. The molecule has 1 aromatic carbocycles. The van der Waals surface area contributed by atoms with Crippen molar-refractivity contribution in [1.82, 2.24) is 9.80 Å². The van der Waals surface area contributed by atoms with Crippen molar-refractivity contribution in [2.45, 2.75) is 46.1 Å². The molecule has 1 aromatic rings. The molecule has 2 fully saturated rings. The Morgan fingerprint density at radius 3 is 2.71 bits per heavy atom. The molecule has 1 atom stereocenters. The standard InChI is InChI=1S/C20H30N2O2/c1-14(2)18-13-22(10-4-9-21(18)12-16-6-7-16)20(24)17-11-15(3)5-8-19(17)23/h5,8,11,14,16,18,23H,4,6-7,9-10,12-13H2,1-3H3/t18-/m0/s1. The molecule has 0 bridgehead atoms. The average Bonchev–Trinajstić information content (AvgIpc) is 3.36. The van der Waals surface area contributed by atoms with E-state index in [0.717, 1.165) is 37.5 Å². The van der Waals surface area contributed by atoms with Crippen molar-refractivity contribution in [3.8, 4) is 5.75 Å². The van der Waals surface area contributed by atoms with Gasteiger partial charge >= 0.3 is 0 Å². The first-order valence-corrected chi connectivity index (χ1v) is 9.28. The zero-order valence-corrected chi connectivity index (χ0v) is 15.2. The van der Waals surface area contributed by atoms with Crippen LogP contribution in [-0.4, -0.2) is 53.0 Å². The number of amides is 1. The fraction of sp³-hybridized carbons (Fsp3) is 0.650. The molecule has 2 aliphatic rings. The van der Waals surface area contributed by atoms with Crippen LogP contribution in [0.15, 0.2) is 18.2 Å². The van der Waals surface area contributed by atoms with Crippen molar-refractivity contribution in [1.29, 1.82) is 0 Å². The Bertz CT molecular complexity index is 595. The molecular formula is C20H30N2O2. The summed E-state index contributed by atoms with van der Waals surface area (Å²) in [6.07, 6.45) is 3.73. The highest BCUT2D eigenvalue weighted by Gasteiger charge is 2.33. The van der Waals surface area contributed by atoms with Gasteiger partial charge in [-0.15, -0.1) is 0 Å². The van der Waals surface area contributed by atoms with Crippen LogP contribution in [0.25, 0.3) is 0 Å². The Morgan fingerprint density at radius 1 is 1.29 bits per heavy atom. The monoisotopic (exact) mass is 330 g/mol. The maximum Gasteiger partial charge on any atom is 0.257 e. The molecule has 0 radical (unpaired) electrons. The summed E-state index contributed by atoms with van der Waals surface area (Å²) in [7, 11) is 0. The molecule has 0 spiro atoms. The highest BCUT2D eigenvalue weighted by molar-refractivity contribution is 5.97. The molecule has 1 aliphatic heterocycles. The average molecular weight is 330 g/mol. The Kier molecular flexibility index (Phi) is 5.14. The number of benzene rings is 1. The lowest BCUT2D eigenvalue weighted by Gasteiger charge is -2.34. The number of aryl methyl sites for hydroxylation is 1. The summed E-state index contributed by atoms with van der Waals surface area (Å²) < 4.78 is 0. The smallest absolute Gasteiger partial charge is 0.257 e. The Labute approximate surface area is 145 Å². The Morgan fingerprint density at radius 2 is 2.04 bits per heavy atom. The van der Waals surface area contributed by atoms with Crippen LogP contribution in [0.4, 0.5) is 0 Å². The van der Waals surface area contributed by atoms with E-state index in [2.05, 4.69) is 18.7 Å². The fourth-order valence-corrected chi connectivity index (χ4v) is 3.73. The van der Waals surface area contributed by atoms with Crippen LogP contribution in [0, 0.1) is 18.8 Å². The van der Waals surface area contributed by atoms with E-state index in [1.165, 1.54) is 19.4 Å². The first kappa shape index (κ1) is 17.3. The van der Waals surface area contributed by atoms with Gasteiger partial charge < -0.3 is 10.0 Å². The summed E-state index contributed by atoms with van der Waals surface area (Å²) in [4.78, 5) is 17.5. The summed E-state index contributed by atoms with van der Waals surface area (Å²) in [6.45, 7) is 10.2. The van der Waals surface area contributed by atoms with Crippen molar-refractivity contribution < 1.29 is 9.90 Å². The third kappa shape index (κ3) is 3.92. The zero-order valence-electron chi connectivity index (χ0n) is 15.2. The number of carbonyl (C=O) groups excluding carboxylic acids is 1. The van der Waals surface area contributed by atoms with Crippen molar-refractivity contribution in [3.63, 3.8) is 0 Å². The quantitative estimate of drug-likeness (QED) is 0.921. The predicted octanol–water partition coefficient (Wildman–Crippen LogP) is 3.28. The molecule has 1 heterocycles. The molecule has 1 aliphatic carbocycles. The van der Waals surface area contributed by atoms with Gasteiger partial charge in [0, 0.05) is 32.2 Å². The number of nitrogens with zero attached hydrogens (tertiary/aromatic N) is 2. The lowest BCUT2D eigenvalue weighted by Crippen LogP contribution is -2.46. The third-order valence-corrected chi connectivity index (χ3v) is 5.38. The summed E-state index contributed by atoms with van der Waals surface area (Å²) in [5.74, 6) is 1.44. The molecular weight excluding hydrogens is 300 g/mol. The van der Waals surface area contributed by atoms with Gasteiger partial charge in [-0.25, -0.2) is 0 Å². The molecule has 0 aromatic heterocycles. The van der Waals surface area contributed by atoms with Crippen LogP contribution >= 0.6 is 0 Å². The summed E-state index contributed by atoms with van der Waals surface area (Å²) in [5.41, 5.74) is 1.44. The maximum absolute atomic E-state index is 13.0. The highest BCUT2D eigenvalue weighted by Crippen LogP contribution is 2.32. The SMILES string of the molecule is Cc1ccc(O)c(C(=O)N2CCCN(CC3CC3)[C@H](C(C)C)C2)c1. The molecule has 4 heteroatoms. The van der Waals surface area contributed by atoms with Crippen LogP contribution in [0.1, 0.15) is 49.0 Å². The van der Waals surface area contributed by atoms with E-state index in [0.29, 0.717) is 17.5 Å². The molecule has 1 N–H and O–H groups in total. The minimum Gasteiger partial charge on any atom is -0.507 e. The van der Waals surface area contributed by atoms with E-state index in [-0.39, 0.29) is 11.7 Å². The number of hydrogen-bond donors (Lipinski definition) is 1. The summed E-state index contributed by atoms with van der Waals surface area (Å²) in [6, 6.07) is 5.67. The van der Waals surface area contributed by atoms with Gasteiger partial charge in [-0.05, 0) is 50.2 Å². The van der Waals surface area contributed by atoms with Crippen LogP contribution in [-0.2, 0) is 0 Å². The first-order chi connectivity index (χ1) is 11.5. The second-order valence-corrected chi connectivity index (χ2v) is 7.88. The topological polar surface area (TPSA) is 43.8 Å². The van der Waals surface area contributed by atoms with Gasteiger partial charge in [0.15, 0.2) is 0 Å². The number of aromatic hydroxyl groups is 1. The van der Waals surface area contributed by atoms with E-state index in [1.807, 2.05) is 17.9 Å². The number of rotatable bonds is 4. The Hall–Kier alpha value is -1.55. The Balaban J connectivity index is 1.77. The van der Waals surface area contributed by atoms with Gasteiger partial charge in [-0.3, -0.25) is 9.69 Å². The lowest BCUT2D eigenvalue weighted by atomic mass is 10.0. The molecule has 1 saturated heterocycles. The van der Waals surface area contributed by atoms with Crippen molar-refractivity contribution in [3.05, 3.63) is 29.3 Å². The van der Waals surface area contributed by atoms with E-state index in [4.69, 9.17) is 0 Å². The molecule has 132 valence electrons. The minimum atomic E-state index is -0.0323. The fourth-order valence-electron chi connectivity index (χ4n) is 3.73. The molecule has 1 saturated carbocycles. The van der Waals surface area contributed by atoms with Crippen LogP contribution in [0.2, 0.25) is 0 Å². The van der Waals surface area contributed by atoms with Crippen molar-refractivity contribution in [2.24, 2.45) is 11.8 Å². The van der Waals surface area contributed by atoms with E-state index >= 15 is 0 Å². The van der Waals surface area contributed by atoms with Crippen molar-refractivity contribution in [2.75, 3.05) is 26.2 Å². The first-order valence-electron chi connectivity index (χ1n) is 9.28. The maximum atomic E-state index is 13.0. The van der Waals surface area contributed by atoms with E-state index in [1.54, 1.807) is 12.1 Å². The molecule has 0 unspecified atom stereocenters. The molecule has 24 heavy (non-hydrogen) atoms. The lowest BCUT2D eigenvalue weighted by molar-refractivity contribution is 0.0701. The second-order valence-electron chi connectivity index (χ2n) is 7.88. The zero-order chi connectivity index (χ0) is 17.3. The van der Waals surface area contributed by atoms with Gasteiger partial charge in [-0.1, -0.05) is 25.5 Å². The van der Waals surface area contributed by atoms with Crippen LogP contribution in [0.3, 0.4) is 0 Å². The third-order valence-electron chi connectivity index (χ3n) is 5.38. The van der Waals surface area contributed by atoms with Crippen molar-refractivity contribution >= 4 is 5.91 Å². The largest absolute Gasteiger partial charge is 0.507 e. The summed E-state index contributed by atoms with van der Waals surface area (Å²) in [5, 5.41) is 10.1. The van der Waals surface area contributed by atoms with E-state index in [9.17, 15) is 9.90 Å². The van der Waals surface area contributed by atoms with Gasteiger partial charge in [0.25, 0.3) is 5.91 Å². The number of phenols is 1. The van der Waals surface area contributed by atoms with Crippen LogP contribution < -0.4 is 0 Å². The van der Waals surface area contributed by atoms with Gasteiger partial charge in [-0.2, -0.15) is 0 Å². The van der Waals surface area contributed by atoms with Gasteiger partial charge in [0.2, 0.25) is 0 Å². The number of hydrogen-bond acceptors (Lipinski definition) is 3. The predicted molar refractivity (Wildman–Crippen MR) is 96.3 cm³/mol. The number of carbonyl (C=O) groups is 1. The summed E-state index contributed by atoms with van der Waals surface area (Å²) >= 11 is 0. The van der Waals surface area contributed by atoms with Gasteiger partial charge in [0.05, 0.1) is 5.56 Å². The second kappa shape index (κ2) is 7.14. The molecule has 1 amide bonds. The molecule has 4 nitrogen and oxygen atoms in total.